The smallest absolute Gasteiger partial charge is 0.220 e. The van der Waals surface area contributed by atoms with E-state index in [0.717, 1.165) is 44.9 Å². The van der Waals surface area contributed by atoms with Gasteiger partial charge in [-0.25, -0.2) is 0 Å². The lowest BCUT2D eigenvalue weighted by Gasteiger charge is -2.40. The van der Waals surface area contributed by atoms with Crippen molar-refractivity contribution in [1.29, 1.82) is 0 Å². The Morgan fingerprint density at radius 2 is 0.787 bits per heavy atom. The van der Waals surface area contributed by atoms with Crippen molar-refractivity contribution in [1.82, 2.24) is 5.32 Å². The van der Waals surface area contributed by atoms with Crippen LogP contribution in [0.15, 0.2) is 36.5 Å². The summed E-state index contributed by atoms with van der Waals surface area (Å²) in [5.74, 6) is -0.172. The Labute approximate surface area is 463 Å². The number of aliphatic hydroxyl groups excluding tert-OH is 5. The lowest BCUT2D eigenvalue weighted by Crippen LogP contribution is -2.60. The highest BCUT2D eigenvalue weighted by Gasteiger charge is 2.44. The SMILES string of the molecule is CCCCCCC/C=C\C/C=C\CCCCCCCCCCCCCCCCCCCCCCCCCCCCCC(=O)NC(COC1OC(CO)C(O)C(O)C1O)C(O)/C=C/CCCCCCCCCCCCC. The van der Waals surface area contributed by atoms with Gasteiger partial charge in [0.1, 0.15) is 24.4 Å². The second-order valence-electron chi connectivity index (χ2n) is 22.9. The van der Waals surface area contributed by atoms with E-state index < -0.39 is 49.5 Å². The van der Waals surface area contributed by atoms with Crippen LogP contribution >= 0.6 is 0 Å². The van der Waals surface area contributed by atoms with Crippen LogP contribution in [0.4, 0.5) is 0 Å². The van der Waals surface area contributed by atoms with E-state index in [-0.39, 0.29) is 12.5 Å². The van der Waals surface area contributed by atoms with Gasteiger partial charge >= 0.3 is 0 Å². The number of hydrogen-bond donors (Lipinski definition) is 6. The van der Waals surface area contributed by atoms with E-state index in [9.17, 15) is 30.3 Å². The molecule has 0 radical (unpaired) electrons. The number of carbonyl (C=O) groups is 1. The van der Waals surface area contributed by atoms with Gasteiger partial charge < -0.3 is 40.3 Å². The predicted octanol–water partition coefficient (Wildman–Crippen LogP) is 17.1. The fourth-order valence-corrected chi connectivity index (χ4v) is 10.5. The predicted molar refractivity (Wildman–Crippen MR) is 318 cm³/mol. The second kappa shape index (κ2) is 55.7. The van der Waals surface area contributed by atoms with Gasteiger partial charge in [0.25, 0.3) is 0 Å². The molecule has 1 amide bonds. The second-order valence-corrected chi connectivity index (χ2v) is 22.9. The van der Waals surface area contributed by atoms with Crippen LogP contribution in [-0.4, -0.2) is 87.5 Å². The summed E-state index contributed by atoms with van der Waals surface area (Å²) >= 11 is 0. The first-order chi connectivity index (χ1) is 36.8. The highest BCUT2D eigenvalue weighted by Crippen LogP contribution is 2.23. The molecule has 7 unspecified atom stereocenters. The molecule has 0 aromatic rings. The zero-order valence-corrected chi connectivity index (χ0v) is 49.3. The maximum Gasteiger partial charge on any atom is 0.220 e. The largest absolute Gasteiger partial charge is 0.394 e. The van der Waals surface area contributed by atoms with Crippen LogP contribution in [0.25, 0.3) is 0 Å². The van der Waals surface area contributed by atoms with E-state index in [1.54, 1.807) is 6.08 Å². The third-order valence-corrected chi connectivity index (χ3v) is 15.7. The molecule has 1 heterocycles. The Morgan fingerprint density at radius 3 is 1.15 bits per heavy atom. The molecule has 9 nitrogen and oxygen atoms in total. The van der Waals surface area contributed by atoms with Crippen LogP contribution < -0.4 is 5.32 Å². The Balaban J connectivity index is 2.02. The van der Waals surface area contributed by atoms with Crippen LogP contribution in [0.1, 0.15) is 322 Å². The van der Waals surface area contributed by atoms with Crippen molar-refractivity contribution in [2.45, 2.75) is 365 Å². The minimum Gasteiger partial charge on any atom is -0.394 e. The summed E-state index contributed by atoms with van der Waals surface area (Å²) in [7, 11) is 0. The molecule has 6 N–H and O–H groups in total. The summed E-state index contributed by atoms with van der Waals surface area (Å²) in [5.41, 5.74) is 0. The molecule has 0 aliphatic carbocycles. The summed E-state index contributed by atoms with van der Waals surface area (Å²) < 4.78 is 11.3. The molecule has 1 fully saturated rings. The Hall–Kier alpha value is -1.59. The van der Waals surface area contributed by atoms with Crippen molar-refractivity contribution < 1.29 is 39.8 Å². The molecule has 1 aliphatic heterocycles. The van der Waals surface area contributed by atoms with Crippen molar-refractivity contribution in [3.63, 3.8) is 0 Å². The minimum atomic E-state index is -1.56. The van der Waals surface area contributed by atoms with E-state index in [1.807, 2.05) is 6.08 Å². The van der Waals surface area contributed by atoms with Crippen molar-refractivity contribution in [3.8, 4) is 0 Å². The summed E-state index contributed by atoms with van der Waals surface area (Å²) in [5, 5.41) is 54.5. The fourth-order valence-electron chi connectivity index (χ4n) is 10.5. The van der Waals surface area contributed by atoms with Gasteiger partial charge in [-0.15, -0.1) is 0 Å². The van der Waals surface area contributed by atoms with Gasteiger partial charge in [0.15, 0.2) is 6.29 Å². The number of unbranched alkanes of at least 4 members (excludes halogenated alkanes) is 43. The number of ether oxygens (including phenoxy) is 2. The number of carbonyl (C=O) groups excluding carboxylic acids is 1. The fraction of sp³-hybridized carbons (Fsp3) is 0.894. The van der Waals surface area contributed by atoms with E-state index in [0.29, 0.717) is 6.42 Å². The van der Waals surface area contributed by atoms with Gasteiger partial charge in [0.2, 0.25) is 5.91 Å². The van der Waals surface area contributed by atoms with Gasteiger partial charge in [-0.05, 0) is 51.4 Å². The Kier molecular flexibility index (Phi) is 53.1. The molecule has 0 bridgehead atoms. The summed E-state index contributed by atoms with van der Waals surface area (Å²) in [6, 6.07) is -0.802. The quantitative estimate of drug-likeness (QED) is 0.0261. The standard InChI is InChI=1S/C66H125NO8/c1-3-5-7-9-11-13-15-17-18-19-20-21-22-23-24-25-26-27-28-29-30-31-32-33-34-35-36-37-38-39-40-41-42-44-46-48-50-52-54-56-62(70)67-59(58-74-66-65(73)64(72)63(71)61(57-68)75-66)60(69)55-53-51-49-47-45-43-16-14-12-10-8-6-4-2/h15,17,19-20,53,55,59-61,63-66,68-69,71-73H,3-14,16,18,21-52,54,56-58H2,1-2H3,(H,67,70)/b17-15-,20-19-,55-53+. The summed E-state index contributed by atoms with van der Waals surface area (Å²) in [4.78, 5) is 13.1. The van der Waals surface area contributed by atoms with Crippen molar-refractivity contribution in [3.05, 3.63) is 36.5 Å². The molecule has 0 saturated carbocycles. The monoisotopic (exact) mass is 1060 g/mol. The van der Waals surface area contributed by atoms with Crippen LogP contribution in [0, 0.1) is 0 Å². The zero-order chi connectivity index (χ0) is 54.3. The molecule has 442 valence electrons. The first kappa shape index (κ1) is 71.4. The van der Waals surface area contributed by atoms with Gasteiger partial charge in [-0.3, -0.25) is 4.79 Å². The summed E-state index contributed by atoms with van der Waals surface area (Å²) in [6.45, 7) is 3.79. The number of allylic oxidation sites excluding steroid dienone is 5. The molecule has 9 heteroatoms. The topological polar surface area (TPSA) is 149 Å². The average Bonchev–Trinajstić information content (AvgIpc) is 3.41. The lowest BCUT2D eigenvalue weighted by molar-refractivity contribution is -0.302. The first-order valence-electron chi connectivity index (χ1n) is 32.7. The summed E-state index contributed by atoms with van der Waals surface area (Å²) in [6.07, 6.45) is 66.9. The average molecular weight is 1060 g/mol. The maximum absolute atomic E-state index is 13.1. The molecule has 0 aromatic carbocycles. The molecular weight excluding hydrogens is 935 g/mol. The van der Waals surface area contributed by atoms with Crippen molar-refractivity contribution in [2.24, 2.45) is 0 Å². The van der Waals surface area contributed by atoms with Crippen LogP contribution in [0.2, 0.25) is 0 Å². The third kappa shape index (κ3) is 44.9. The van der Waals surface area contributed by atoms with Gasteiger partial charge in [0.05, 0.1) is 25.4 Å². The van der Waals surface area contributed by atoms with E-state index >= 15 is 0 Å². The van der Waals surface area contributed by atoms with E-state index in [1.165, 1.54) is 257 Å². The van der Waals surface area contributed by atoms with Crippen molar-refractivity contribution >= 4 is 5.91 Å². The zero-order valence-electron chi connectivity index (χ0n) is 49.3. The van der Waals surface area contributed by atoms with E-state index in [2.05, 4.69) is 43.5 Å². The first-order valence-corrected chi connectivity index (χ1v) is 32.7. The number of aliphatic hydroxyl groups is 5. The number of rotatable bonds is 57. The lowest BCUT2D eigenvalue weighted by atomic mass is 9.99. The van der Waals surface area contributed by atoms with Gasteiger partial charge in [-0.1, -0.05) is 301 Å². The maximum atomic E-state index is 13.1. The van der Waals surface area contributed by atoms with Gasteiger partial charge in [-0.2, -0.15) is 0 Å². The number of hydrogen-bond acceptors (Lipinski definition) is 8. The van der Waals surface area contributed by atoms with Gasteiger partial charge in [0, 0.05) is 6.42 Å². The molecule has 0 spiro atoms. The Bertz CT molecular complexity index is 1270. The molecule has 1 rings (SSSR count). The third-order valence-electron chi connectivity index (χ3n) is 15.7. The molecule has 1 aliphatic rings. The molecule has 1 saturated heterocycles. The highest BCUT2D eigenvalue weighted by molar-refractivity contribution is 5.76. The van der Waals surface area contributed by atoms with Crippen LogP contribution in [0.5, 0.6) is 0 Å². The molecule has 75 heavy (non-hydrogen) atoms. The Morgan fingerprint density at radius 1 is 0.453 bits per heavy atom. The van der Waals surface area contributed by atoms with Crippen molar-refractivity contribution in [2.75, 3.05) is 13.2 Å². The molecular formula is C66H125NO8. The number of amides is 1. The minimum absolute atomic E-state index is 0.172. The van der Waals surface area contributed by atoms with E-state index in [4.69, 9.17) is 9.47 Å². The normalized spacial score (nSPS) is 19.1. The van der Waals surface area contributed by atoms with Crippen LogP contribution in [0.3, 0.4) is 0 Å². The molecule has 7 atom stereocenters. The number of nitrogens with one attached hydrogen (secondary N) is 1. The highest BCUT2D eigenvalue weighted by atomic mass is 16.7. The van der Waals surface area contributed by atoms with Crippen LogP contribution in [-0.2, 0) is 14.3 Å². The molecule has 0 aromatic heterocycles.